The molecule has 10 heteroatoms. The minimum Gasteiger partial charge on any atom is -0.444 e. The van der Waals surface area contributed by atoms with Gasteiger partial charge in [0, 0.05) is 43.5 Å². The van der Waals surface area contributed by atoms with Crippen LogP contribution >= 0.6 is 0 Å². The summed E-state index contributed by atoms with van der Waals surface area (Å²) in [4.78, 5) is 23.1. The number of amides is 1. The number of alkyl carbamates (subject to hydrolysis) is 1. The first-order valence-corrected chi connectivity index (χ1v) is 12.3. The Hall–Kier alpha value is -2.88. The second-order valence-electron chi connectivity index (χ2n) is 9.38. The van der Waals surface area contributed by atoms with Gasteiger partial charge >= 0.3 is 6.09 Å². The molecule has 3 N–H and O–H groups in total. The number of nitrogens with zero attached hydrogens (tertiary/aromatic N) is 4. The van der Waals surface area contributed by atoms with Crippen molar-refractivity contribution in [2.75, 3.05) is 36.5 Å². The summed E-state index contributed by atoms with van der Waals surface area (Å²) >= 11 is 0. The van der Waals surface area contributed by atoms with Gasteiger partial charge < -0.3 is 25.0 Å². The number of carbonyl (C=O) groups is 1. The van der Waals surface area contributed by atoms with Gasteiger partial charge in [-0.3, -0.25) is 5.10 Å². The number of aromatic nitrogens is 4. The Kier molecular flexibility index (Phi) is 9.09. The van der Waals surface area contributed by atoms with E-state index in [4.69, 9.17) is 9.47 Å². The summed E-state index contributed by atoms with van der Waals surface area (Å²) in [5.41, 5.74) is 0.657. The smallest absolute Gasteiger partial charge is 0.407 e. The monoisotopic (exact) mass is 473 g/mol. The normalized spacial score (nSPS) is 18.7. The summed E-state index contributed by atoms with van der Waals surface area (Å²) in [7, 11) is 0. The fraction of sp³-hybridized carbons (Fsp3) is 0.667. The van der Waals surface area contributed by atoms with Crippen LogP contribution in [0.1, 0.15) is 71.9 Å². The summed E-state index contributed by atoms with van der Waals surface area (Å²) in [5.74, 6) is 2.65. The average molecular weight is 474 g/mol. The fourth-order valence-electron chi connectivity index (χ4n) is 4.08. The van der Waals surface area contributed by atoms with Crippen LogP contribution in [0.5, 0.6) is 0 Å². The first-order valence-electron chi connectivity index (χ1n) is 12.3. The maximum atomic E-state index is 11.9. The number of hydrogen-bond donors (Lipinski definition) is 3. The highest BCUT2D eigenvalue weighted by atomic mass is 16.6. The number of anilines is 3. The molecule has 0 spiro atoms. The molecule has 1 saturated heterocycles. The van der Waals surface area contributed by atoms with E-state index in [-0.39, 0.29) is 6.10 Å². The van der Waals surface area contributed by atoms with Gasteiger partial charge in [0.05, 0.1) is 12.7 Å². The third kappa shape index (κ3) is 7.58. The largest absolute Gasteiger partial charge is 0.444 e. The number of morpholine rings is 1. The van der Waals surface area contributed by atoms with Crippen LogP contribution in [-0.4, -0.2) is 64.2 Å². The van der Waals surface area contributed by atoms with E-state index in [1.54, 1.807) is 6.20 Å². The first-order chi connectivity index (χ1) is 16.4. The maximum absolute atomic E-state index is 11.9. The van der Waals surface area contributed by atoms with Crippen LogP contribution in [0.15, 0.2) is 18.3 Å². The van der Waals surface area contributed by atoms with Gasteiger partial charge in [-0.2, -0.15) is 10.1 Å². The molecule has 188 valence electrons. The lowest BCUT2D eigenvalue weighted by Crippen LogP contribution is -2.48. The van der Waals surface area contributed by atoms with E-state index in [0.29, 0.717) is 43.9 Å². The van der Waals surface area contributed by atoms with Gasteiger partial charge in [-0.1, -0.05) is 26.7 Å². The van der Waals surface area contributed by atoms with Gasteiger partial charge in [0.15, 0.2) is 5.82 Å². The molecule has 34 heavy (non-hydrogen) atoms. The molecule has 10 nitrogen and oxygen atoms in total. The van der Waals surface area contributed by atoms with Crippen LogP contribution < -0.4 is 15.5 Å². The standard InChI is InChI=1S/C22H33N7O3.C2H6/c1-22(2,3)32-21(30)24-13-16-14-29(10-11-31-16)20-23-9-8-18(26-20)25-19-12-17(27-28-19)15-6-4-5-7-15;1-2/h8-9,12,15-16H,4-7,10-11,13-14H2,1-3H3,(H,24,30)(H2,23,25,26,27,28);1-2H3. The van der Waals surface area contributed by atoms with E-state index in [9.17, 15) is 4.79 Å². The van der Waals surface area contributed by atoms with Crippen LogP contribution in [0, 0.1) is 0 Å². The summed E-state index contributed by atoms with van der Waals surface area (Å²) in [5, 5.41) is 13.6. The van der Waals surface area contributed by atoms with Crippen molar-refractivity contribution in [3.63, 3.8) is 0 Å². The molecule has 2 fully saturated rings. The molecule has 1 atom stereocenters. The lowest BCUT2D eigenvalue weighted by molar-refractivity contribution is 0.0280. The topological polar surface area (TPSA) is 117 Å². The highest BCUT2D eigenvalue weighted by molar-refractivity contribution is 5.67. The minimum atomic E-state index is -0.531. The Morgan fingerprint density at radius 3 is 2.76 bits per heavy atom. The van der Waals surface area contributed by atoms with Crippen molar-refractivity contribution in [2.24, 2.45) is 0 Å². The number of H-pyrrole nitrogens is 1. The first kappa shape index (κ1) is 25.7. The Labute approximate surface area is 202 Å². The molecule has 4 rings (SSSR count). The molecule has 0 bridgehead atoms. The molecule has 1 aliphatic heterocycles. The van der Waals surface area contributed by atoms with E-state index in [0.717, 1.165) is 5.82 Å². The zero-order valence-corrected chi connectivity index (χ0v) is 21.1. The predicted molar refractivity (Wildman–Crippen MR) is 133 cm³/mol. The van der Waals surface area contributed by atoms with Gasteiger partial charge in [-0.05, 0) is 39.7 Å². The molecule has 1 amide bonds. The summed E-state index contributed by atoms with van der Waals surface area (Å²) < 4.78 is 11.1. The fourth-order valence-corrected chi connectivity index (χ4v) is 4.08. The zero-order valence-electron chi connectivity index (χ0n) is 21.1. The molecule has 0 aromatic carbocycles. The van der Waals surface area contributed by atoms with Crippen LogP contribution in [0.4, 0.5) is 22.4 Å². The molecular formula is C24H39N7O3. The van der Waals surface area contributed by atoms with Gasteiger partial charge in [-0.15, -0.1) is 0 Å². The number of nitrogens with one attached hydrogen (secondary N) is 3. The number of carbonyl (C=O) groups excluding carboxylic acids is 1. The van der Waals surface area contributed by atoms with Crippen molar-refractivity contribution >= 4 is 23.7 Å². The molecule has 1 unspecified atom stereocenters. The van der Waals surface area contributed by atoms with E-state index in [2.05, 4.69) is 41.8 Å². The Bertz CT molecular complexity index is 906. The van der Waals surface area contributed by atoms with Gasteiger partial charge in [-0.25, -0.2) is 9.78 Å². The Morgan fingerprint density at radius 1 is 1.26 bits per heavy atom. The van der Waals surface area contributed by atoms with Gasteiger partial charge in [0.25, 0.3) is 0 Å². The van der Waals surface area contributed by atoms with E-state index in [1.807, 2.05) is 40.7 Å². The average Bonchev–Trinajstić information content (AvgIpc) is 3.51. The lowest BCUT2D eigenvalue weighted by Gasteiger charge is -2.33. The molecule has 1 aliphatic carbocycles. The molecule has 1 saturated carbocycles. The van der Waals surface area contributed by atoms with Crippen molar-refractivity contribution in [2.45, 2.75) is 77.9 Å². The number of rotatable bonds is 6. The summed E-state index contributed by atoms with van der Waals surface area (Å²) in [6, 6.07) is 3.90. The zero-order chi connectivity index (χ0) is 24.6. The second-order valence-corrected chi connectivity index (χ2v) is 9.38. The SMILES string of the molecule is CC.CC(C)(C)OC(=O)NCC1CN(c2nccc(Nc3cc(C4CCCC4)[nH]n3)n2)CCO1. The molecule has 0 radical (unpaired) electrons. The van der Waals surface area contributed by atoms with Crippen molar-refractivity contribution < 1.29 is 14.3 Å². The maximum Gasteiger partial charge on any atom is 0.407 e. The van der Waals surface area contributed by atoms with E-state index >= 15 is 0 Å². The summed E-state index contributed by atoms with van der Waals surface area (Å²) in [6.45, 7) is 11.7. The van der Waals surface area contributed by atoms with Crippen molar-refractivity contribution in [1.82, 2.24) is 25.5 Å². The van der Waals surface area contributed by atoms with Gasteiger partial charge in [0.2, 0.25) is 5.95 Å². The molecule has 3 heterocycles. The van der Waals surface area contributed by atoms with Crippen LogP contribution in [0.2, 0.25) is 0 Å². The van der Waals surface area contributed by atoms with E-state index < -0.39 is 11.7 Å². The lowest BCUT2D eigenvalue weighted by atomic mass is 10.0. The highest BCUT2D eigenvalue weighted by Crippen LogP contribution is 2.34. The van der Waals surface area contributed by atoms with Crippen molar-refractivity contribution in [3.05, 3.63) is 24.0 Å². The van der Waals surface area contributed by atoms with Gasteiger partial charge in [0.1, 0.15) is 11.4 Å². The predicted octanol–water partition coefficient (Wildman–Crippen LogP) is 4.36. The molecule has 2 aliphatic rings. The number of aromatic amines is 1. The second kappa shape index (κ2) is 12.0. The highest BCUT2D eigenvalue weighted by Gasteiger charge is 2.24. The Balaban J connectivity index is 0.00000158. The summed E-state index contributed by atoms with van der Waals surface area (Å²) in [6.07, 6.45) is 6.14. The van der Waals surface area contributed by atoms with Crippen LogP contribution in [0.3, 0.4) is 0 Å². The minimum absolute atomic E-state index is 0.170. The third-order valence-electron chi connectivity index (χ3n) is 5.59. The number of hydrogen-bond acceptors (Lipinski definition) is 8. The van der Waals surface area contributed by atoms with Crippen molar-refractivity contribution in [1.29, 1.82) is 0 Å². The van der Waals surface area contributed by atoms with Crippen LogP contribution in [0.25, 0.3) is 0 Å². The molecule has 2 aromatic heterocycles. The number of ether oxygens (including phenoxy) is 2. The Morgan fingerprint density at radius 2 is 2.03 bits per heavy atom. The molecule has 2 aromatic rings. The van der Waals surface area contributed by atoms with Crippen LogP contribution in [-0.2, 0) is 9.47 Å². The van der Waals surface area contributed by atoms with Crippen molar-refractivity contribution in [3.8, 4) is 0 Å². The third-order valence-corrected chi connectivity index (χ3v) is 5.59. The molecular weight excluding hydrogens is 434 g/mol. The quantitative estimate of drug-likeness (QED) is 0.567. The van der Waals surface area contributed by atoms with E-state index in [1.165, 1.54) is 31.4 Å².